The Morgan fingerprint density at radius 3 is 2.68 bits per heavy atom. The second-order valence-electron chi connectivity index (χ2n) is 5.53. The number of hydrogen-bond acceptors (Lipinski definition) is 3. The fourth-order valence-corrected chi connectivity index (χ4v) is 2.26. The van der Waals surface area contributed by atoms with Gasteiger partial charge in [-0.3, -0.25) is 4.79 Å². The van der Waals surface area contributed by atoms with Crippen LogP contribution in [-0.4, -0.2) is 37.7 Å². The lowest BCUT2D eigenvalue weighted by atomic mass is 9.95. The molecule has 1 unspecified atom stereocenters. The molecular weight excluding hydrogens is 240 g/mol. The number of hydrogen-bond donors (Lipinski definition) is 2. The SMILES string of the molecule is C=C(C)COCCNC(C)C(=O)NC1CCCCC1. The second-order valence-corrected chi connectivity index (χ2v) is 5.53. The van der Waals surface area contributed by atoms with Crippen LogP contribution in [0.15, 0.2) is 12.2 Å². The molecule has 19 heavy (non-hydrogen) atoms. The standard InChI is InChI=1S/C15H28N2O2/c1-12(2)11-19-10-9-16-13(3)15(18)17-14-7-5-4-6-8-14/h13-14,16H,1,4-11H2,2-3H3,(H,17,18). The summed E-state index contributed by atoms with van der Waals surface area (Å²) in [5, 5.41) is 6.30. The molecule has 110 valence electrons. The maximum Gasteiger partial charge on any atom is 0.237 e. The van der Waals surface area contributed by atoms with E-state index in [1.54, 1.807) is 0 Å². The minimum Gasteiger partial charge on any atom is -0.376 e. The van der Waals surface area contributed by atoms with Gasteiger partial charge in [0.2, 0.25) is 5.91 Å². The highest BCUT2D eigenvalue weighted by Gasteiger charge is 2.18. The van der Waals surface area contributed by atoms with Crippen LogP contribution in [-0.2, 0) is 9.53 Å². The molecule has 0 spiro atoms. The molecule has 0 radical (unpaired) electrons. The zero-order chi connectivity index (χ0) is 14.1. The first-order valence-electron chi connectivity index (χ1n) is 7.35. The minimum absolute atomic E-state index is 0.104. The Bertz CT molecular complexity index is 286. The van der Waals surface area contributed by atoms with E-state index in [4.69, 9.17) is 4.74 Å². The summed E-state index contributed by atoms with van der Waals surface area (Å²) in [6.45, 7) is 9.49. The molecule has 0 heterocycles. The summed E-state index contributed by atoms with van der Waals surface area (Å²) in [5.74, 6) is 0.104. The molecule has 4 heteroatoms. The lowest BCUT2D eigenvalue weighted by molar-refractivity contribution is -0.123. The molecule has 0 saturated heterocycles. The number of carbonyl (C=O) groups excluding carboxylic acids is 1. The normalized spacial score (nSPS) is 18.0. The first-order chi connectivity index (χ1) is 9.09. The summed E-state index contributed by atoms with van der Waals surface area (Å²) >= 11 is 0. The molecule has 1 amide bonds. The Kier molecular flexibility index (Phi) is 7.75. The van der Waals surface area contributed by atoms with E-state index in [2.05, 4.69) is 17.2 Å². The third-order valence-electron chi connectivity index (χ3n) is 3.39. The first-order valence-corrected chi connectivity index (χ1v) is 7.35. The van der Waals surface area contributed by atoms with Crippen LogP contribution in [0, 0.1) is 0 Å². The van der Waals surface area contributed by atoms with Crippen LogP contribution in [0.4, 0.5) is 0 Å². The predicted molar refractivity (Wildman–Crippen MR) is 78.1 cm³/mol. The van der Waals surface area contributed by atoms with E-state index in [-0.39, 0.29) is 11.9 Å². The average Bonchev–Trinajstić information content (AvgIpc) is 2.38. The Morgan fingerprint density at radius 2 is 2.05 bits per heavy atom. The molecule has 1 fully saturated rings. The summed E-state index contributed by atoms with van der Waals surface area (Å²) in [4.78, 5) is 12.0. The molecular formula is C15H28N2O2. The number of carbonyl (C=O) groups is 1. The average molecular weight is 268 g/mol. The molecule has 1 saturated carbocycles. The van der Waals surface area contributed by atoms with Crippen molar-refractivity contribution in [1.29, 1.82) is 0 Å². The zero-order valence-electron chi connectivity index (χ0n) is 12.3. The smallest absolute Gasteiger partial charge is 0.237 e. The Balaban J connectivity index is 2.08. The van der Waals surface area contributed by atoms with Crippen LogP contribution in [0.2, 0.25) is 0 Å². The Labute approximate surface area is 117 Å². The highest BCUT2D eigenvalue weighted by atomic mass is 16.5. The van der Waals surface area contributed by atoms with Crippen molar-refractivity contribution in [1.82, 2.24) is 10.6 Å². The van der Waals surface area contributed by atoms with Gasteiger partial charge in [-0.1, -0.05) is 31.4 Å². The van der Waals surface area contributed by atoms with Gasteiger partial charge in [-0.15, -0.1) is 0 Å². The predicted octanol–water partition coefficient (Wildman–Crippen LogP) is 2.01. The molecule has 0 bridgehead atoms. The van der Waals surface area contributed by atoms with Crippen LogP contribution in [0.25, 0.3) is 0 Å². The second kappa shape index (κ2) is 9.10. The topological polar surface area (TPSA) is 50.4 Å². The molecule has 2 N–H and O–H groups in total. The number of nitrogens with one attached hydrogen (secondary N) is 2. The molecule has 1 aliphatic rings. The van der Waals surface area contributed by atoms with E-state index in [1.807, 2.05) is 13.8 Å². The van der Waals surface area contributed by atoms with Crippen molar-refractivity contribution in [3.63, 3.8) is 0 Å². The largest absolute Gasteiger partial charge is 0.376 e. The monoisotopic (exact) mass is 268 g/mol. The van der Waals surface area contributed by atoms with Gasteiger partial charge in [-0.05, 0) is 26.7 Å². The Hall–Kier alpha value is -0.870. The summed E-state index contributed by atoms with van der Waals surface area (Å²) < 4.78 is 5.38. The molecule has 0 aromatic carbocycles. The highest BCUT2D eigenvalue weighted by molar-refractivity contribution is 5.81. The lowest BCUT2D eigenvalue weighted by Crippen LogP contribution is -2.47. The lowest BCUT2D eigenvalue weighted by Gasteiger charge is -2.24. The summed E-state index contributed by atoms with van der Waals surface area (Å²) in [7, 11) is 0. The van der Waals surface area contributed by atoms with Crippen molar-refractivity contribution in [2.45, 2.75) is 58.0 Å². The summed E-state index contributed by atoms with van der Waals surface area (Å²) in [6, 6.07) is 0.223. The van der Waals surface area contributed by atoms with Gasteiger partial charge in [0.05, 0.1) is 19.3 Å². The van der Waals surface area contributed by atoms with E-state index in [0.717, 1.165) is 18.4 Å². The van der Waals surface area contributed by atoms with Gasteiger partial charge in [0.25, 0.3) is 0 Å². The van der Waals surface area contributed by atoms with Crippen molar-refractivity contribution in [3.8, 4) is 0 Å². The van der Waals surface area contributed by atoms with Crippen LogP contribution in [0.1, 0.15) is 46.0 Å². The summed E-state index contributed by atoms with van der Waals surface area (Å²) in [5.41, 5.74) is 1.02. The van der Waals surface area contributed by atoms with Gasteiger partial charge in [0, 0.05) is 12.6 Å². The van der Waals surface area contributed by atoms with Gasteiger partial charge in [0.1, 0.15) is 0 Å². The molecule has 4 nitrogen and oxygen atoms in total. The van der Waals surface area contributed by atoms with Crippen LogP contribution in [0.5, 0.6) is 0 Å². The van der Waals surface area contributed by atoms with Crippen molar-refractivity contribution in [3.05, 3.63) is 12.2 Å². The number of rotatable bonds is 8. The van der Waals surface area contributed by atoms with E-state index < -0.39 is 0 Å². The van der Waals surface area contributed by atoms with E-state index in [1.165, 1.54) is 19.3 Å². The number of amides is 1. The van der Waals surface area contributed by atoms with Crippen LogP contribution < -0.4 is 10.6 Å². The zero-order valence-corrected chi connectivity index (χ0v) is 12.3. The third-order valence-corrected chi connectivity index (χ3v) is 3.39. The summed E-state index contributed by atoms with van der Waals surface area (Å²) in [6.07, 6.45) is 6.03. The minimum atomic E-state index is -0.157. The quantitative estimate of drug-likeness (QED) is 0.523. The van der Waals surface area contributed by atoms with E-state index in [0.29, 0.717) is 25.8 Å². The molecule has 1 rings (SSSR count). The van der Waals surface area contributed by atoms with Crippen molar-refractivity contribution < 1.29 is 9.53 Å². The maximum absolute atomic E-state index is 12.0. The van der Waals surface area contributed by atoms with Gasteiger partial charge in [-0.25, -0.2) is 0 Å². The molecule has 1 aliphatic carbocycles. The molecule has 0 aromatic heterocycles. The molecule has 0 aliphatic heterocycles. The van der Waals surface area contributed by atoms with E-state index >= 15 is 0 Å². The van der Waals surface area contributed by atoms with Crippen LogP contribution >= 0.6 is 0 Å². The van der Waals surface area contributed by atoms with Crippen LogP contribution in [0.3, 0.4) is 0 Å². The van der Waals surface area contributed by atoms with Crippen molar-refractivity contribution in [2.75, 3.05) is 19.8 Å². The van der Waals surface area contributed by atoms with E-state index in [9.17, 15) is 4.79 Å². The van der Waals surface area contributed by atoms with Gasteiger partial charge >= 0.3 is 0 Å². The maximum atomic E-state index is 12.0. The highest BCUT2D eigenvalue weighted by Crippen LogP contribution is 2.17. The fraction of sp³-hybridized carbons (Fsp3) is 0.800. The fourth-order valence-electron chi connectivity index (χ4n) is 2.26. The molecule has 0 aromatic rings. The molecule has 1 atom stereocenters. The number of ether oxygens (including phenoxy) is 1. The van der Waals surface area contributed by atoms with Gasteiger partial charge in [-0.2, -0.15) is 0 Å². The Morgan fingerprint density at radius 1 is 1.37 bits per heavy atom. The van der Waals surface area contributed by atoms with Crippen molar-refractivity contribution in [2.24, 2.45) is 0 Å². The van der Waals surface area contributed by atoms with Gasteiger partial charge < -0.3 is 15.4 Å². The van der Waals surface area contributed by atoms with Crippen molar-refractivity contribution >= 4 is 5.91 Å². The third kappa shape index (κ3) is 7.33. The van der Waals surface area contributed by atoms with Gasteiger partial charge in [0.15, 0.2) is 0 Å². The first kappa shape index (κ1) is 16.2.